The maximum absolute atomic E-state index is 12.1. The van der Waals surface area contributed by atoms with Gasteiger partial charge in [0.05, 0.1) is 18.9 Å². The van der Waals surface area contributed by atoms with Gasteiger partial charge >= 0.3 is 6.61 Å². The Hall–Kier alpha value is -1.92. The molecule has 1 aromatic carbocycles. The molecule has 114 valence electrons. The molecule has 0 bridgehead atoms. The number of aryl methyl sites for hydroxylation is 1. The summed E-state index contributed by atoms with van der Waals surface area (Å²) in [6, 6.07) is 7.90. The molecule has 0 saturated carbocycles. The number of rotatable bonds is 7. The molecule has 1 aromatic heterocycles. The van der Waals surface area contributed by atoms with Crippen LogP contribution < -0.4 is 10.1 Å². The van der Waals surface area contributed by atoms with Gasteiger partial charge < -0.3 is 19.6 Å². The van der Waals surface area contributed by atoms with Crippen LogP contribution in [0.4, 0.5) is 8.78 Å². The first kappa shape index (κ1) is 15.5. The van der Waals surface area contributed by atoms with Crippen LogP contribution in [0.15, 0.2) is 41.0 Å². The first-order valence-electron chi connectivity index (χ1n) is 6.53. The van der Waals surface area contributed by atoms with E-state index in [9.17, 15) is 13.9 Å². The minimum absolute atomic E-state index is 0.0310. The number of nitrogens with one attached hydrogen (secondary N) is 1. The van der Waals surface area contributed by atoms with Gasteiger partial charge in [-0.3, -0.25) is 0 Å². The van der Waals surface area contributed by atoms with E-state index < -0.39 is 12.7 Å². The van der Waals surface area contributed by atoms with Crippen LogP contribution in [0, 0.1) is 6.92 Å². The predicted molar refractivity (Wildman–Crippen MR) is 73.2 cm³/mol. The molecular formula is C15H17F2NO3. The second kappa shape index (κ2) is 7.19. The van der Waals surface area contributed by atoms with E-state index in [1.54, 1.807) is 18.4 Å². The fourth-order valence-electron chi connectivity index (χ4n) is 1.92. The van der Waals surface area contributed by atoms with Crippen molar-refractivity contribution >= 4 is 0 Å². The van der Waals surface area contributed by atoms with Gasteiger partial charge in [-0.25, -0.2) is 0 Å². The van der Waals surface area contributed by atoms with Crippen molar-refractivity contribution in [2.45, 2.75) is 26.2 Å². The number of halogens is 2. The van der Waals surface area contributed by atoms with Crippen molar-refractivity contribution in [1.29, 1.82) is 0 Å². The Kier molecular flexibility index (Phi) is 5.30. The van der Waals surface area contributed by atoms with Crippen LogP contribution >= 0.6 is 0 Å². The third-order valence-electron chi connectivity index (χ3n) is 3.06. The lowest BCUT2D eigenvalue weighted by Crippen LogP contribution is -2.21. The lowest BCUT2D eigenvalue weighted by atomic mass is 10.1. The zero-order valence-electron chi connectivity index (χ0n) is 11.6. The molecule has 2 aromatic rings. The molecule has 6 heteroatoms. The zero-order chi connectivity index (χ0) is 15.2. The molecular weight excluding hydrogens is 280 g/mol. The number of alkyl halides is 2. The van der Waals surface area contributed by atoms with Crippen molar-refractivity contribution in [1.82, 2.24) is 5.32 Å². The highest BCUT2D eigenvalue weighted by Gasteiger charge is 2.11. The van der Waals surface area contributed by atoms with Crippen LogP contribution in [0.3, 0.4) is 0 Å². The molecule has 0 fully saturated rings. The summed E-state index contributed by atoms with van der Waals surface area (Å²) < 4.78 is 33.9. The highest BCUT2D eigenvalue weighted by molar-refractivity contribution is 5.30. The van der Waals surface area contributed by atoms with Crippen molar-refractivity contribution < 1.29 is 23.0 Å². The first-order chi connectivity index (χ1) is 10.1. The highest BCUT2D eigenvalue weighted by atomic mass is 19.3. The van der Waals surface area contributed by atoms with Crippen LogP contribution in [0.2, 0.25) is 0 Å². The summed E-state index contributed by atoms with van der Waals surface area (Å²) in [5, 5.41) is 13.1. The maximum atomic E-state index is 12.1. The predicted octanol–water partition coefficient (Wildman–Crippen LogP) is 3.01. The molecule has 0 aliphatic heterocycles. The minimum Gasteiger partial charge on any atom is -0.468 e. The summed E-state index contributed by atoms with van der Waals surface area (Å²) in [6.07, 6.45) is 0.787. The quantitative estimate of drug-likeness (QED) is 0.825. The van der Waals surface area contributed by atoms with Crippen LogP contribution in [0.1, 0.15) is 23.0 Å². The lowest BCUT2D eigenvalue weighted by Gasteiger charge is -2.13. The van der Waals surface area contributed by atoms with Crippen molar-refractivity contribution in [3.8, 4) is 5.75 Å². The molecule has 0 radical (unpaired) electrons. The van der Waals surface area contributed by atoms with Crippen molar-refractivity contribution in [3.63, 3.8) is 0 Å². The van der Waals surface area contributed by atoms with Gasteiger partial charge in [0.1, 0.15) is 11.5 Å². The molecule has 4 nitrogen and oxygen atoms in total. The zero-order valence-corrected chi connectivity index (χ0v) is 11.6. The fraction of sp³-hybridized carbons (Fsp3) is 0.333. The molecule has 1 heterocycles. The van der Waals surface area contributed by atoms with Gasteiger partial charge in [-0.1, -0.05) is 12.1 Å². The Labute approximate surface area is 121 Å². The van der Waals surface area contributed by atoms with Gasteiger partial charge in [-0.05, 0) is 36.2 Å². The molecule has 2 N–H and O–H groups in total. The average molecular weight is 297 g/mol. The second-order valence-electron chi connectivity index (χ2n) is 4.62. The fourth-order valence-corrected chi connectivity index (χ4v) is 1.92. The molecule has 1 atom stereocenters. The molecule has 0 aliphatic carbocycles. The van der Waals surface area contributed by atoms with Gasteiger partial charge in [-0.2, -0.15) is 8.78 Å². The van der Waals surface area contributed by atoms with Gasteiger partial charge in [0, 0.05) is 6.54 Å². The molecule has 0 saturated heterocycles. The van der Waals surface area contributed by atoms with E-state index in [1.807, 2.05) is 13.0 Å². The van der Waals surface area contributed by atoms with Crippen LogP contribution in [-0.2, 0) is 6.54 Å². The van der Waals surface area contributed by atoms with Gasteiger partial charge in [0.25, 0.3) is 0 Å². The summed E-state index contributed by atoms with van der Waals surface area (Å²) >= 11 is 0. The summed E-state index contributed by atoms with van der Waals surface area (Å²) in [6.45, 7) is -0.179. The van der Waals surface area contributed by atoms with Crippen LogP contribution in [-0.4, -0.2) is 18.3 Å². The van der Waals surface area contributed by atoms with Crippen LogP contribution in [0.5, 0.6) is 5.75 Å². The summed E-state index contributed by atoms with van der Waals surface area (Å²) in [5.74, 6) is 0.834. The Balaban J connectivity index is 1.88. The largest absolute Gasteiger partial charge is 0.468 e. The minimum atomic E-state index is -2.88. The van der Waals surface area contributed by atoms with E-state index in [-0.39, 0.29) is 12.3 Å². The molecule has 0 spiro atoms. The van der Waals surface area contributed by atoms with E-state index >= 15 is 0 Å². The lowest BCUT2D eigenvalue weighted by molar-refractivity contribution is -0.0499. The van der Waals surface area contributed by atoms with Crippen LogP contribution in [0.25, 0.3) is 0 Å². The smallest absolute Gasteiger partial charge is 0.387 e. The number of aliphatic hydroxyl groups is 1. The van der Waals surface area contributed by atoms with Crippen molar-refractivity contribution in [3.05, 3.63) is 53.5 Å². The Morgan fingerprint density at radius 3 is 2.81 bits per heavy atom. The summed E-state index contributed by atoms with van der Waals surface area (Å²) in [4.78, 5) is 0. The van der Waals surface area contributed by atoms with Gasteiger partial charge in [-0.15, -0.1) is 0 Å². The number of hydrogen-bond donors (Lipinski definition) is 2. The number of aliphatic hydroxyl groups excluding tert-OH is 1. The summed E-state index contributed by atoms with van der Waals surface area (Å²) in [5.41, 5.74) is 1.54. The van der Waals surface area contributed by atoms with E-state index in [4.69, 9.17) is 4.42 Å². The van der Waals surface area contributed by atoms with E-state index in [1.165, 1.54) is 12.1 Å². The monoisotopic (exact) mass is 297 g/mol. The number of furan rings is 1. The molecule has 0 aliphatic rings. The third kappa shape index (κ3) is 4.54. The molecule has 1 unspecified atom stereocenters. The van der Waals surface area contributed by atoms with Gasteiger partial charge in [0.15, 0.2) is 0 Å². The van der Waals surface area contributed by atoms with Crippen molar-refractivity contribution in [2.75, 3.05) is 6.54 Å². The Morgan fingerprint density at radius 2 is 2.14 bits per heavy atom. The van der Waals surface area contributed by atoms with E-state index in [0.717, 1.165) is 11.3 Å². The molecule has 21 heavy (non-hydrogen) atoms. The molecule has 0 amide bonds. The SMILES string of the molecule is Cc1ccoc1CNCC(O)c1cccc(OC(F)F)c1. The second-order valence-corrected chi connectivity index (χ2v) is 4.62. The number of ether oxygens (including phenoxy) is 1. The number of hydrogen-bond acceptors (Lipinski definition) is 4. The Bertz CT molecular complexity index is 572. The van der Waals surface area contributed by atoms with E-state index in [0.29, 0.717) is 12.1 Å². The van der Waals surface area contributed by atoms with Gasteiger partial charge in [0.2, 0.25) is 0 Å². The first-order valence-corrected chi connectivity index (χ1v) is 6.53. The number of benzene rings is 1. The summed E-state index contributed by atoms with van der Waals surface area (Å²) in [7, 11) is 0. The maximum Gasteiger partial charge on any atom is 0.387 e. The molecule has 2 rings (SSSR count). The topological polar surface area (TPSA) is 54.6 Å². The van der Waals surface area contributed by atoms with Crippen molar-refractivity contribution in [2.24, 2.45) is 0 Å². The standard InChI is InChI=1S/C15H17F2NO3/c1-10-5-6-20-14(10)9-18-8-13(19)11-3-2-4-12(7-11)21-15(16)17/h2-7,13,15,18-19H,8-9H2,1H3. The van der Waals surface area contributed by atoms with E-state index in [2.05, 4.69) is 10.1 Å². The third-order valence-corrected chi connectivity index (χ3v) is 3.06. The highest BCUT2D eigenvalue weighted by Crippen LogP contribution is 2.20. The average Bonchev–Trinajstić information content (AvgIpc) is 2.84. The Morgan fingerprint density at radius 1 is 1.33 bits per heavy atom. The normalized spacial score (nSPS) is 12.6.